The molecule has 0 aromatic carbocycles. The Morgan fingerprint density at radius 2 is 2.00 bits per heavy atom. The molecule has 158 valence electrons. The van der Waals surface area contributed by atoms with Gasteiger partial charge in [0.2, 0.25) is 5.88 Å². The largest absolute Gasteiger partial charge is 0.591 e. The summed E-state index contributed by atoms with van der Waals surface area (Å²) < 4.78 is 45.7. The van der Waals surface area contributed by atoms with E-state index in [9.17, 15) is 13.0 Å². The summed E-state index contributed by atoms with van der Waals surface area (Å²) in [4.78, 5) is 8.47. The van der Waals surface area contributed by atoms with Crippen LogP contribution in [-0.4, -0.2) is 51.0 Å². The Kier molecular flexibility index (Phi) is 6.43. The Morgan fingerprint density at radius 1 is 1.31 bits per heavy atom. The first-order valence-electron chi connectivity index (χ1n) is 9.30. The minimum Gasteiger partial charge on any atom is -0.591 e. The SMILES string of the molecule is CCS(=O)(=O)C1CC(Oc2ncc(/C=N/[S@@+]([O-])C(C)(C)C)c3cc(Cl)ncc23)C1. The van der Waals surface area contributed by atoms with Crippen LogP contribution in [0.3, 0.4) is 0 Å². The lowest BCUT2D eigenvalue weighted by Gasteiger charge is -2.34. The van der Waals surface area contributed by atoms with Gasteiger partial charge in [0.1, 0.15) is 27.4 Å². The van der Waals surface area contributed by atoms with Gasteiger partial charge in [0.05, 0.1) is 16.9 Å². The smallest absolute Gasteiger partial charge is 0.223 e. The van der Waals surface area contributed by atoms with E-state index in [1.807, 2.05) is 20.8 Å². The third-order valence-corrected chi connectivity index (χ3v) is 8.54. The fourth-order valence-corrected chi connectivity index (χ4v) is 5.04. The number of nitrogens with zero attached hydrogens (tertiary/aromatic N) is 3. The first-order chi connectivity index (χ1) is 13.5. The number of sulfone groups is 1. The highest BCUT2D eigenvalue weighted by Gasteiger charge is 2.39. The lowest BCUT2D eigenvalue weighted by Crippen LogP contribution is -2.43. The fraction of sp³-hybridized carbons (Fsp3) is 0.526. The molecular weight excluding hydrogens is 434 g/mol. The quantitative estimate of drug-likeness (QED) is 0.373. The highest BCUT2D eigenvalue weighted by molar-refractivity contribution is 7.92. The minimum absolute atomic E-state index is 0.137. The molecule has 2 aromatic rings. The number of aromatic nitrogens is 2. The van der Waals surface area contributed by atoms with Crippen molar-refractivity contribution in [1.82, 2.24) is 9.97 Å². The molecule has 0 N–H and O–H groups in total. The summed E-state index contributed by atoms with van der Waals surface area (Å²) in [6.45, 7) is 7.19. The van der Waals surface area contributed by atoms with Crippen LogP contribution in [0.25, 0.3) is 10.8 Å². The summed E-state index contributed by atoms with van der Waals surface area (Å²) in [6, 6.07) is 1.68. The highest BCUT2D eigenvalue weighted by atomic mass is 35.5. The van der Waals surface area contributed by atoms with Gasteiger partial charge in [0.15, 0.2) is 9.84 Å². The maximum atomic E-state index is 12.2. The summed E-state index contributed by atoms with van der Waals surface area (Å²) >= 11 is 4.66. The molecule has 0 spiro atoms. The van der Waals surface area contributed by atoms with E-state index in [0.29, 0.717) is 34.8 Å². The van der Waals surface area contributed by atoms with Crippen molar-refractivity contribution in [3.05, 3.63) is 29.2 Å². The molecule has 2 aromatic heterocycles. The molecule has 2 heterocycles. The molecule has 7 nitrogen and oxygen atoms in total. The number of rotatable bonds is 6. The molecule has 0 aliphatic heterocycles. The van der Waals surface area contributed by atoms with Crippen LogP contribution >= 0.6 is 11.6 Å². The van der Waals surface area contributed by atoms with Crippen LogP contribution in [0.15, 0.2) is 22.9 Å². The van der Waals surface area contributed by atoms with Gasteiger partial charge in [0, 0.05) is 41.9 Å². The third kappa shape index (κ3) is 5.02. The molecule has 0 saturated heterocycles. The van der Waals surface area contributed by atoms with Crippen molar-refractivity contribution in [2.45, 2.75) is 56.6 Å². The second-order valence-corrected chi connectivity index (χ2v) is 12.8. The van der Waals surface area contributed by atoms with Crippen LogP contribution < -0.4 is 4.74 Å². The zero-order valence-corrected chi connectivity index (χ0v) is 19.1. The molecule has 1 fully saturated rings. The Bertz CT molecular complexity index is 1030. The van der Waals surface area contributed by atoms with E-state index < -0.39 is 25.9 Å². The van der Waals surface area contributed by atoms with E-state index in [-0.39, 0.29) is 17.1 Å². The Morgan fingerprint density at radius 3 is 2.62 bits per heavy atom. The van der Waals surface area contributed by atoms with Crippen LogP contribution in [0.1, 0.15) is 46.1 Å². The van der Waals surface area contributed by atoms with Crippen molar-refractivity contribution in [2.75, 3.05) is 5.75 Å². The monoisotopic (exact) mass is 457 g/mol. The Balaban J connectivity index is 1.85. The van der Waals surface area contributed by atoms with Crippen LogP contribution in [0.4, 0.5) is 0 Å². The molecule has 1 aliphatic carbocycles. The van der Waals surface area contributed by atoms with Gasteiger partial charge in [-0.25, -0.2) is 18.4 Å². The van der Waals surface area contributed by atoms with Crippen molar-refractivity contribution in [1.29, 1.82) is 0 Å². The van der Waals surface area contributed by atoms with E-state index in [2.05, 4.69) is 14.4 Å². The summed E-state index contributed by atoms with van der Waals surface area (Å²) in [5.41, 5.74) is 0.647. The van der Waals surface area contributed by atoms with Crippen molar-refractivity contribution in [2.24, 2.45) is 4.40 Å². The first kappa shape index (κ1) is 22.3. The van der Waals surface area contributed by atoms with Crippen molar-refractivity contribution < 1.29 is 17.7 Å². The van der Waals surface area contributed by atoms with Gasteiger partial charge in [-0.1, -0.05) is 22.9 Å². The molecule has 0 radical (unpaired) electrons. The summed E-state index contributed by atoms with van der Waals surface area (Å²) in [5, 5.41) is 1.32. The van der Waals surface area contributed by atoms with Crippen molar-refractivity contribution in [3.63, 3.8) is 0 Å². The zero-order chi connectivity index (χ0) is 21.4. The topological polar surface area (TPSA) is 105 Å². The van der Waals surface area contributed by atoms with Crippen molar-refractivity contribution >= 4 is 49.8 Å². The first-order valence-corrected chi connectivity index (χ1v) is 12.5. The van der Waals surface area contributed by atoms with E-state index >= 15 is 0 Å². The maximum Gasteiger partial charge on any atom is 0.223 e. The summed E-state index contributed by atoms with van der Waals surface area (Å²) in [6.07, 6.45) is 5.36. The van der Waals surface area contributed by atoms with Crippen LogP contribution in [0, 0.1) is 0 Å². The van der Waals surface area contributed by atoms with Gasteiger partial charge < -0.3 is 9.29 Å². The number of hydrogen-bond acceptors (Lipinski definition) is 7. The number of ether oxygens (including phenoxy) is 1. The summed E-state index contributed by atoms with van der Waals surface area (Å²) in [7, 11) is -3.05. The molecule has 0 amide bonds. The molecule has 10 heteroatoms. The molecule has 1 saturated carbocycles. The fourth-order valence-electron chi connectivity index (χ4n) is 2.87. The lowest BCUT2D eigenvalue weighted by molar-refractivity contribution is 0.119. The van der Waals surface area contributed by atoms with Gasteiger partial charge in [-0.15, -0.1) is 0 Å². The standard InChI is InChI=1S/C19H24ClN3O4S2/c1-5-29(25,26)14-6-13(7-14)27-18-16-11-21-17(20)8-15(16)12(9-22-18)10-23-28(24)19(2,3)4/h8-11,13-14H,5-7H2,1-4H3/b23-10+/t13?,14?,28-/m0/s1. The number of halogens is 1. The molecule has 1 aliphatic rings. The van der Waals surface area contributed by atoms with Crippen LogP contribution in [0.2, 0.25) is 5.15 Å². The lowest BCUT2D eigenvalue weighted by atomic mass is 9.95. The molecule has 29 heavy (non-hydrogen) atoms. The van der Waals surface area contributed by atoms with E-state index in [0.717, 1.165) is 5.39 Å². The van der Waals surface area contributed by atoms with Gasteiger partial charge in [0.25, 0.3) is 0 Å². The normalized spacial score (nSPS) is 21.3. The average molecular weight is 458 g/mol. The predicted molar refractivity (Wildman–Crippen MR) is 117 cm³/mol. The predicted octanol–water partition coefficient (Wildman–Crippen LogP) is 3.51. The average Bonchev–Trinajstić information content (AvgIpc) is 2.61. The maximum absolute atomic E-state index is 12.2. The van der Waals surface area contributed by atoms with Gasteiger partial charge in [-0.2, -0.15) is 0 Å². The number of fused-ring (bicyclic) bond motifs is 1. The highest BCUT2D eigenvalue weighted by Crippen LogP contribution is 2.34. The molecule has 3 rings (SSSR count). The van der Waals surface area contributed by atoms with E-state index in [1.54, 1.807) is 25.4 Å². The molecule has 0 bridgehead atoms. The second-order valence-electron chi connectivity index (χ2n) is 7.95. The number of pyridine rings is 2. The second kappa shape index (κ2) is 8.37. The van der Waals surface area contributed by atoms with E-state index in [1.165, 1.54) is 6.21 Å². The zero-order valence-electron chi connectivity index (χ0n) is 16.8. The van der Waals surface area contributed by atoms with E-state index in [4.69, 9.17) is 16.3 Å². The Labute approximate surface area is 179 Å². The Hall–Kier alpha value is -1.42. The van der Waals surface area contributed by atoms with Gasteiger partial charge >= 0.3 is 0 Å². The molecule has 0 unspecified atom stereocenters. The van der Waals surface area contributed by atoms with Gasteiger partial charge in [-0.3, -0.25) is 0 Å². The number of hydrogen-bond donors (Lipinski definition) is 0. The van der Waals surface area contributed by atoms with Gasteiger partial charge in [-0.05, 0) is 26.8 Å². The van der Waals surface area contributed by atoms with Crippen LogP contribution in [0.5, 0.6) is 5.88 Å². The van der Waals surface area contributed by atoms with Crippen molar-refractivity contribution in [3.8, 4) is 5.88 Å². The third-order valence-electron chi connectivity index (χ3n) is 4.78. The minimum atomic E-state index is -3.05. The molecular formula is C19H24ClN3O4S2. The van der Waals surface area contributed by atoms with Crippen LogP contribution in [-0.2, 0) is 21.2 Å². The summed E-state index contributed by atoms with van der Waals surface area (Å²) in [5.74, 6) is 0.508. The molecule has 1 atom stereocenters.